The number of para-hydroxylation sites is 1. The zero-order valence-corrected chi connectivity index (χ0v) is 17.2. The largest absolute Gasteiger partial charge is 0.393 e. The van der Waals surface area contributed by atoms with E-state index in [4.69, 9.17) is 5.73 Å². The summed E-state index contributed by atoms with van der Waals surface area (Å²) in [6, 6.07) is 18.2. The smallest absolute Gasteiger partial charge is 0.193 e. The molecule has 1 aliphatic heterocycles. The van der Waals surface area contributed by atoms with Crippen molar-refractivity contribution in [3.63, 3.8) is 0 Å². The number of nitrogens with two attached hydrogens (primary N) is 1. The molecule has 0 saturated carbocycles. The molecular formula is C20H27IN4O. The van der Waals surface area contributed by atoms with Crippen molar-refractivity contribution < 1.29 is 5.11 Å². The van der Waals surface area contributed by atoms with Gasteiger partial charge in [0.2, 0.25) is 0 Å². The van der Waals surface area contributed by atoms with Crippen LogP contribution < -0.4 is 11.1 Å². The van der Waals surface area contributed by atoms with E-state index in [0.717, 1.165) is 38.2 Å². The number of halogens is 1. The zero-order chi connectivity index (χ0) is 17.5. The molecule has 0 radical (unpaired) electrons. The van der Waals surface area contributed by atoms with Gasteiger partial charge in [0.1, 0.15) is 0 Å². The molecule has 0 spiro atoms. The van der Waals surface area contributed by atoms with Gasteiger partial charge in [-0.3, -0.25) is 4.90 Å². The third-order valence-electron chi connectivity index (χ3n) is 4.54. The van der Waals surface area contributed by atoms with Gasteiger partial charge >= 0.3 is 0 Å². The summed E-state index contributed by atoms with van der Waals surface area (Å²) in [7, 11) is 0. The number of aliphatic hydroxyl groups excluding tert-OH is 1. The molecule has 0 atom stereocenters. The van der Waals surface area contributed by atoms with Crippen LogP contribution in [0.15, 0.2) is 59.6 Å². The molecule has 1 fully saturated rings. The molecule has 0 aliphatic carbocycles. The number of aliphatic imine (C=N–C) groups is 1. The number of benzene rings is 2. The molecule has 1 saturated heterocycles. The quantitative estimate of drug-likeness (QED) is 0.360. The average molecular weight is 466 g/mol. The Morgan fingerprint density at radius 3 is 2.35 bits per heavy atom. The predicted octanol–water partition coefficient (Wildman–Crippen LogP) is 3.19. The molecular weight excluding hydrogens is 439 g/mol. The van der Waals surface area contributed by atoms with Gasteiger partial charge in [-0.25, -0.2) is 4.99 Å². The fraction of sp³-hybridized carbons (Fsp3) is 0.350. The van der Waals surface area contributed by atoms with Gasteiger partial charge in [0.05, 0.1) is 12.6 Å². The van der Waals surface area contributed by atoms with Crippen molar-refractivity contribution in [2.75, 3.05) is 18.4 Å². The van der Waals surface area contributed by atoms with Crippen molar-refractivity contribution in [2.24, 2.45) is 10.7 Å². The highest BCUT2D eigenvalue weighted by Gasteiger charge is 2.17. The summed E-state index contributed by atoms with van der Waals surface area (Å²) >= 11 is 0. The van der Waals surface area contributed by atoms with Crippen LogP contribution in [0.4, 0.5) is 5.69 Å². The second-order valence-electron chi connectivity index (χ2n) is 6.47. The normalized spacial score (nSPS) is 16.1. The van der Waals surface area contributed by atoms with Gasteiger partial charge in [0, 0.05) is 25.3 Å². The van der Waals surface area contributed by atoms with E-state index in [1.165, 1.54) is 11.1 Å². The average Bonchev–Trinajstić information content (AvgIpc) is 2.64. The molecule has 1 aliphatic rings. The van der Waals surface area contributed by atoms with Crippen molar-refractivity contribution >= 4 is 35.6 Å². The van der Waals surface area contributed by atoms with Crippen LogP contribution in [0.1, 0.15) is 24.0 Å². The summed E-state index contributed by atoms with van der Waals surface area (Å²) < 4.78 is 0. The lowest BCUT2D eigenvalue weighted by atomic mass is 10.0. The van der Waals surface area contributed by atoms with E-state index >= 15 is 0 Å². The number of guanidine groups is 1. The minimum absolute atomic E-state index is 0. The summed E-state index contributed by atoms with van der Waals surface area (Å²) in [6.45, 7) is 3.33. The van der Waals surface area contributed by atoms with Crippen LogP contribution in [0, 0.1) is 0 Å². The fourth-order valence-corrected chi connectivity index (χ4v) is 3.06. The van der Waals surface area contributed by atoms with Crippen LogP contribution in [0.2, 0.25) is 0 Å². The Kier molecular flexibility index (Phi) is 8.34. The molecule has 26 heavy (non-hydrogen) atoms. The summed E-state index contributed by atoms with van der Waals surface area (Å²) in [6.07, 6.45) is 1.57. The van der Waals surface area contributed by atoms with Crippen LogP contribution in [-0.2, 0) is 13.1 Å². The van der Waals surface area contributed by atoms with E-state index < -0.39 is 0 Å². The van der Waals surface area contributed by atoms with E-state index in [2.05, 4.69) is 33.4 Å². The second kappa shape index (κ2) is 10.5. The van der Waals surface area contributed by atoms with Crippen molar-refractivity contribution in [1.82, 2.24) is 4.90 Å². The molecule has 2 aromatic rings. The number of hydrogen-bond donors (Lipinski definition) is 3. The van der Waals surface area contributed by atoms with E-state index in [1.807, 2.05) is 36.4 Å². The zero-order valence-electron chi connectivity index (χ0n) is 14.8. The molecule has 2 aromatic carbocycles. The molecule has 1 heterocycles. The molecule has 6 heteroatoms. The van der Waals surface area contributed by atoms with Crippen molar-refractivity contribution in [3.8, 4) is 0 Å². The van der Waals surface area contributed by atoms with Crippen LogP contribution in [0.25, 0.3) is 0 Å². The Bertz CT molecular complexity index is 700. The van der Waals surface area contributed by atoms with Crippen LogP contribution >= 0.6 is 24.0 Å². The maximum Gasteiger partial charge on any atom is 0.193 e. The van der Waals surface area contributed by atoms with Gasteiger partial charge in [-0.1, -0.05) is 42.5 Å². The Morgan fingerprint density at radius 2 is 1.65 bits per heavy atom. The molecule has 140 valence electrons. The van der Waals surface area contributed by atoms with Gasteiger partial charge in [-0.2, -0.15) is 0 Å². The number of anilines is 1. The van der Waals surface area contributed by atoms with Gasteiger partial charge in [0.25, 0.3) is 0 Å². The SMILES string of the molecule is I.NC(=NCc1ccccc1CN1CCC(O)CC1)Nc1ccccc1. The van der Waals surface area contributed by atoms with Gasteiger partial charge in [-0.05, 0) is 36.1 Å². The van der Waals surface area contributed by atoms with Crippen molar-refractivity contribution in [1.29, 1.82) is 0 Å². The van der Waals surface area contributed by atoms with Crippen LogP contribution in [0.3, 0.4) is 0 Å². The highest BCUT2D eigenvalue weighted by Crippen LogP contribution is 2.17. The highest BCUT2D eigenvalue weighted by molar-refractivity contribution is 14.0. The number of aliphatic hydroxyl groups is 1. The van der Waals surface area contributed by atoms with E-state index in [-0.39, 0.29) is 30.1 Å². The first-order valence-corrected chi connectivity index (χ1v) is 8.80. The first-order chi connectivity index (χ1) is 12.2. The Balaban J connectivity index is 0.00000243. The third kappa shape index (κ3) is 6.26. The number of nitrogens with zero attached hydrogens (tertiary/aromatic N) is 2. The maximum absolute atomic E-state index is 9.65. The number of nitrogens with one attached hydrogen (secondary N) is 1. The van der Waals surface area contributed by atoms with Crippen molar-refractivity contribution in [3.05, 3.63) is 65.7 Å². The van der Waals surface area contributed by atoms with E-state index in [1.54, 1.807) is 0 Å². The summed E-state index contributed by atoms with van der Waals surface area (Å²) in [4.78, 5) is 6.87. The highest BCUT2D eigenvalue weighted by atomic mass is 127. The molecule has 4 N–H and O–H groups in total. The Labute approximate surface area is 172 Å². The second-order valence-corrected chi connectivity index (χ2v) is 6.47. The monoisotopic (exact) mass is 466 g/mol. The maximum atomic E-state index is 9.65. The summed E-state index contributed by atoms with van der Waals surface area (Å²) in [5, 5.41) is 12.8. The Hall–Kier alpha value is -1.64. The van der Waals surface area contributed by atoms with E-state index in [9.17, 15) is 5.11 Å². The first kappa shape index (κ1) is 20.7. The fourth-order valence-electron chi connectivity index (χ4n) is 3.06. The van der Waals surface area contributed by atoms with Gasteiger partial charge in [0.15, 0.2) is 5.96 Å². The molecule has 5 nitrogen and oxygen atoms in total. The van der Waals surface area contributed by atoms with Gasteiger partial charge in [-0.15, -0.1) is 24.0 Å². The lowest BCUT2D eigenvalue weighted by molar-refractivity contribution is 0.0791. The lowest BCUT2D eigenvalue weighted by Crippen LogP contribution is -2.35. The predicted molar refractivity (Wildman–Crippen MR) is 118 cm³/mol. The number of rotatable bonds is 5. The Morgan fingerprint density at radius 1 is 1.04 bits per heavy atom. The number of likely N-dealkylation sites (tertiary alicyclic amines) is 1. The standard InChI is InChI=1S/C20H26N4O.HI/c21-20(23-18-8-2-1-3-9-18)22-14-16-6-4-5-7-17(16)15-24-12-10-19(25)11-13-24;/h1-9,19,25H,10-15H2,(H3,21,22,23);1H. The third-order valence-corrected chi connectivity index (χ3v) is 4.54. The molecule has 3 rings (SSSR count). The van der Waals surface area contributed by atoms with Crippen molar-refractivity contribution in [2.45, 2.75) is 32.0 Å². The summed E-state index contributed by atoms with van der Waals surface area (Å²) in [5.41, 5.74) is 9.40. The lowest BCUT2D eigenvalue weighted by Gasteiger charge is -2.30. The van der Waals surface area contributed by atoms with Crippen LogP contribution in [0.5, 0.6) is 0 Å². The molecule has 0 bridgehead atoms. The van der Waals surface area contributed by atoms with E-state index in [0.29, 0.717) is 12.5 Å². The number of piperidine rings is 1. The topological polar surface area (TPSA) is 73.9 Å². The molecule has 0 aromatic heterocycles. The minimum atomic E-state index is -0.139. The number of hydrogen-bond acceptors (Lipinski definition) is 3. The van der Waals surface area contributed by atoms with Crippen LogP contribution in [-0.4, -0.2) is 35.2 Å². The minimum Gasteiger partial charge on any atom is -0.393 e. The summed E-state index contributed by atoms with van der Waals surface area (Å²) in [5.74, 6) is 0.419. The molecule has 0 amide bonds. The van der Waals surface area contributed by atoms with Gasteiger partial charge < -0.3 is 16.2 Å². The first-order valence-electron chi connectivity index (χ1n) is 8.80. The molecule has 0 unspecified atom stereocenters.